The summed E-state index contributed by atoms with van der Waals surface area (Å²) in [6.07, 6.45) is 2.13. The minimum Gasteiger partial charge on any atom is -0.459 e. The zero-order chi connectivity index (χ0) is 11.7. The molecule has 0 radical (unpaired) electrons. The number of halogens is 1. The van der Waals surface area contributed by atoms with Crippen LogP contribution in [0.3, 0.4) is 0 Å². The van der Waals surface area contributed by atoms with Crippen LogP contribution in [0.25, 0.3) is 11.0 Å². The number of aryl methyl sites for hydroxylation is 2. The highest BCUT2D eigenvalue weighted by molar-refractivity contribution is 9.10. The van der Waals surface area contributed by atoms with Crippen molar-refractivity contribution < 1.29 is 4.42 Å². The minimum absolute atomic E-state index is 0.473. The van der Waals surface area contributed by atoms with Crippen LogP contribution in [0, 0.1) is 6.92 Å². The van der Waals surface area contributed by atoms with Crippen LogP contribution in [-0.2, 0) is 13.0 Å². The topological polar surface area (TPSA) is 39.2 Å². The molecule has 2 N–H and O–H groups in total. The zero-order valence-electron chi connectivity index (χ0n) is 9.64. The molecule has 1 heterocycles. The predicted molar refractivity (Wildman–Crippen MR) is 70.5 cm³/mol. The van der Waals surface area contributed by atoms with E-state index in [1.807, 2.05) is 0 Å². The SMILES string of the molecule is CCCc1c(CN)oc2c(C)cc(Br)cc12. The summed E-state index contributed by atoms with van der Waals surface area (Å²) in [6.45, 7) is 4.71. The molecule has 0 bridgehead atoms. The molecule has 0 saturated heterocycles. The summed E-state index contributed by atoms with van der Waals surface area (Å²) < 4.78 is 6.94. The van der Waals surface area contributed by atoms with Crippen molar-refractivity contribution in [3.8, 4) is 0 Å². The van der Waals surface area contributed by atoms with E-state index >= 15 is 0 Å². The number of nitrogens with two attached hydrogens (primary N) is 1. The van der Waals surface area contributed by atoms with Crippen LogP contribution in [-0.4, -0.2) is 0 Å². The molecule has 0 amide bonds. The number of hydrogen-bond acceptors (Lipinski definition) is 2. The minimum atomic E-state index is 0.473. The summed E-state index contributed by atoms with van der Waals surface area (Å²) >= 11 is 3.53. The van der Waals surface area contributed by atoms with E-state index in [4.69, 9.17) is 10.2 Å². The van der Waals surface area contributed by atoms with Crippen LogP contribution in [0.1, 0.15) is 30.2 Å². The fraction of sp³-hybridized carbons (Fsp3) is 0.385. The Morgan fingerprint density at radius 1 is 1.38 bits per heavy atom. The van der Waals surface area contributed by atoms with E-state index < -0.39 is 0 Å². The molecule has 1 aromatic heterocycles. The fourth-order valence-corrected chi connectivity index (χ4v) is 2.69. The molecular formula is C13H16BrNO. The van der Waals surface area contributed by atoms with Gasteiger partial charge in [0.1, 0.15) is 11.3 Å². The van der Waals surface area contributed by atoms with E-state index in [1.165, 1.54) is 10.9 Å². The Hall–Kier alpha value is -0.800. The van der Waals surface area contributed by atoms with Crippen molar-refractivity contribution in [1.82, 2.24) is 0 Å². The van der Waals surface area contributed by atoms with Gasteiger partial charge in [-0.3, -0.25) is 0 Å². The Morgan fingerprint density at radius 2 is 2.12 bits per heavy atom. The zero-order valence-corrected chi connectivity index (χ0v) is 11.2. The lowest BCUT2D eigenvalue weighted by atomic mass is 10.0. The molecule has 0 fully saturated rings. The average molecular weight is 282 g/mol. The van der Waals surface area contributed by atoms with Crippen LogP contribution >= 0.6 is 15.9 Å². The molecule has 86 valence electrons. The van der Waals surface area contributed by atoms with Crippen LogP contribution in [0.4, 0.5) is 0 Å². The first-order chi connectivity index (χ1) is 7.67. The molecule has 2 aromatic rings. The molecule has 0 aliphatic heterocycles. The summed E-state index contributed by atoms with van der Waals surface area (Å²) in [7, 11) is 0. The number of furan rings is 1. The number of benzene rings is 1. The second kappa shape index (κ2) is 4.60. The molecular weight excluding hydrogens is 266 g/mol. The molecule has 16 heavy (non-hydrogen) atoms. The van der Waals surface area contributed by atoms with E-state index in [0.29, 0.717) is 6.54 Å². The summed E-state index contributed by atoms with van der Waals surface area (Å²) in [4.78, 5) is 0. The van der Waals surface area contributed by atoms with Crippen LogP contribution in [0.5, 0.6) is 0 Å². The maximum absolute atomic E-state index is 5.84. The Kier molecular flexibility index (Phi) is 3.36. The molecule has 2 rings (SSSR count). The quantitative estimate of drug-likeness (QED) is 0.926. The molecule has 0 aliphatic carbocycles. The van der Waals surface area contributed by atoms with Gasteiger partial charge in [-0.2, -0.15) is 0 Å². The van der Waals surface area contributed by atoms with E-state index in [9.17, 15) is 0 Å². The maximum Gasteiger partial charge on any atom is 0.137 e. The third kappa shape index (κ3) is 1.89. The second-order valence-electron chi connectivity index (χ2n) is 4.06. The normalized spacial score (nSPS) is 11.2. The lowest BCUT2D eigenvalue weighted by molar-refractivity contribution is 0.543. The largest absolute Gasteiger partial charge is 0.459 e. The first kappa shape index (κ1) is 11.7. The van der Waals surface area contributed by atoms with Gasteiger partial charge in [-0.25, -0.2) is 0 Å². The van der Waals surface area contributed by atoms with Crippen LogP contribution in [0.2, 0.25) is 0 Å². The molecule has 0 atom stereocenters. The molecule has 0 aliphatic rings. The summed E-state index contributed by atoms with van der Waals surface area (Å²) in [6, 6.07) is 4.19. The molecule has 3 heteroatoms. The lowest BCUT2D eigenvalue weighted by Gasteiger charge is -1.99. The second-order valence-corrected chi connectivity index (χ2v) is 4.97. The molecule has 0 saturated carbocycles. The van der Waals surface area contributed by atoms with Gasteiger partial charge in [-0.05, 0) is 31.0 Å². The Balaban J connectivity index is 2.73. The number of hydrogen-bond donors (Lipinski definition) is 1. The molecule has 2 nitrogen and oxygen atoms in total. The van der Waals surface area contributed by atoms with Gasteiger partial charge in [0.2, 0.25) is 0 Å². The van der Waals surface area contributed by atoms with Gasteiger partial charge in [0.05, 0.1) is 6.54 Å². The molecule has 1 aromatic carbocycles. The summed E-state index contributed by atoms with van der Waals surface area (Å²) in [5.74, 6) is 0.929. The number of fused-ring (bicyclic) bond motifs is 1. The highest BCUT2D eigenvalue weighted by atomic mass is 79.9. The van der Waals surface area contributed by atoms with Gasteiger partial charge in [-0.15, -0.1) is 0 Å². The van der Waals surface area contributed by atoms with Gasteiger partial charge in [-0.1, -0.05) is 29.3 Å². The third-order valence-electron chi connectivity index (χ3n) is 2.81. The Morgan fingerprint density at radius 3 is 2.75 bits per heavy atom. The molecule has 0 unspecified atom stereocenters. The third-order valence-corrected chi connectivity index (χ3v) is 3.27. The van der Waals surface area contributed by atoms with Crippen molar-refractivity contribution >= 4 is 26.9 Å². The van der Waals surface area contributed by atoms with Crippen molar-refractivity contribution in [2.75, 3.05) is 0 Å². The lowest BCUT2D eigenvalue weighted by Crippen LogP contribution is -1.98. The maximum atomic E-state index is 5.84. The highest BCUT2D eigenvalue weighted by Crippen LogP contribution is 2.32. The van der Waals surface area contributed by atoms with Crippen molar-refractivity contribution in [3.05, 3.63) is 33.5 Å². The van der Waals surface area contributed by atoms with Gasteiger partial charge in [0, 0.05) is 15.4 Å². The van der Waals surface area contributed by atoms with Crippen LogP contribution in [0.15, 0.2) is 21.0 Å². The van der Waals surface area contributed by atoms with Crippen molar-refractivity contribution in [2.45, 2.75) is 33.2 Å². The van der Waals surface area contributed by atoms with Gasteiger partial charge < -0.3 is 10.2 Å². The highest BCUT2D eigenvalue weighted by Gasteiger charge is 2.14. The van der Waals surface area contributed by atoms with Crippen molar-refractivity contribution in [1.29, 1.82) is 0 Å². The Bertz CT molecular complexity index is 516. The standard InChI is InChI=1S/C13H16BrNO/c1-3-4-10-11-6-9(14)5-8(2)13(11)16-12(10)7-15/h5-6H,3-4,7,15H2,1-2H3. The van der Waals surface area contributed by atoms with Crippen LogP contribution < -0.4 is 5.73 Å². The Labute approximate surface area is 104 Å². The fourth-order valence-electron chi connectivity index (χ4n) is 2.11. The van der Waals surface area contributed by atoms with Gasteiger partial charge in [0.15, 0.2) is 0 Å². The van der Waals surface area contributed by atoms with Crippen molar-refractivity contribution in [3.63, 3.8) is 0 Å². The average Bonchev–Trinajstić information content (AvgIpc) is 2.58. The van der Waals surface area contributed by atoms with E-state index in [2.05, 4.69) is 41.9 Å². The monoisotopic (exact) mass is 281 g/mol. The van der Waals surface area contributed by atoms with E-state index in [-0.39, 0.29) is 0 Å². The van der Waals surface area contributed by atoms with Gasteiger partial charge in [0.25, 0.3) is 0 Å². The predicted octanol–water partition coefficient (Wildman–Crippen LogP) is 3.91. The van der Waals surface area contributed by atoms with E-state index in [0.717, 1.165) is 34.2 Å². The van der Waals surface area contributed by atoms with E-state index in [1.54, 1.807) is 0 Å². The smallest absolute Gasteiger partial charge is 0.137 e. The van der Waals surface area contributed by atoms with Crippen molar-refractivity contribution in [2.24, 2.45) is 5.73 Å². The number of rotatable bonds is 3. The molecule has 0 spiro atoms. The first-order valence-electron chi connectivity index (χ1n) is 5.57. The van der Waals surface area contributed by atoms with Gasteiger partial charge >= 0.3 is 0 Å². The summed E-state index contributed by atoms with van der Waals surface area (Å²) in [5, 5.41) is 1.20. The first-order valence-corrected chi connectivity index (χ1v) is 6.37. The summed E-state index contributed by atoms with van der Waals surface area (Å²) in [5.41, 5.74) is 9.13.